The van der Waals surface area contributed by atoms with Crippen molar-refractivity contribution in [3.63, 3.8) is 0 Å². The lowest BCUT2D eigenvalue weighted by atomic mass is 10.1. The molecular formula is C15H21N3. The molecule has 1 N–H and O–H groups in total. The highest BCUT2D eigenvalue weighted by Gasteiger charge is 2.23. The largest absolute Gasteiger partial charge is 0.308 e. The monoisotopic (exact) mass is 243 g/mol. The fourth-order valence-electron chi connectivity index (χ4n) is 3.05. The normalized spacial score (nSPS) is 23.9. The molecule has 1 aliphatic rings. The van der Waals surface area contributed by atoms with Gasteiger partial charge in [0.15, 0.2) is 0 Å². The standard InChI is InChI=1S/C15H21N3/c1-11-6-5-7-13(11)16-10-14-12(2)17-15-8-3-4-9-18(14)15/h3-4,8-9,11,13,16H,5-7,10H2,1-2H3. The molecule has 1 saturated carbocycles. The van der Waals surface area contributed by atoms with Crippen molar-refractivity contribution in [3.8, 4) is 0 Å². The van der Waals surface area contributed by atoms with Crippen molar-refractivity contribution in [2.75, 3.05) is 0 Å². The fourth-order valence-corrected chi connectivity index (χ4v) is 3.05. The summed E-state index contributed by atoms with van der Waals surface area (Å²) in [6, 6.07) is 6.85. The van der Waals surface area contributed by atoms with Crippen molar-refractivity contribution in [2.24, 2.45) is 5.92 Å². The third-order valence-electron chi connectivity index (χ3n) is 4.22. The number of pyridine rings is 1. The molecule has 0 aliphatic heterocycles. The Kier molecular flexibility index (Phi) is 3.08. The number of hydrogen-bond donors (Lipinski definition) is 1. The van der Waals surface area contributed by atoms with Crippen LogP contribution in [0.2, 0.25) is 0 Å². The molecule has 0 amide bonds. The number of nitrogens with one attached hydrogen (secondary N) is 1. The van der Waals surface area contributed by atoms with Crippen molar-refractivity contribution in [1.29, 1.82) is 0 Å². The van der Waals surface area contributed by atoms with Gasteiger partial charge in [0, 0.05) is 18.8 Å². The molecular weight excluding hydrogens is 222 g/mol. The van der Waals surface area contributed by atoms with E-state index in [9.17, 15) is 0 Å². The summed E-state index contributed by atoms with van der Waals surface area (Å²) in [5, 5.41) is 3.71. The van der Waals surface area contributed by atoms with Crippen molar-refractivity contribution in [1.82, 2.24) is 14.7 Å². The Balaban J connectivity index is 1.80. The van der Waals surface area contributed by atoms with Gasteiger partial charge in [-0.2, -0.15) is 0 Å². The van der Waals surface area contributed by atoms with E-state index in [-0.39, 0.29) is 0 Å². The topological polar surface area (TPSA) is 29.3 Å². The average molecular weight is 243 g/mol. The van der Waals surface area contributed by atoms with Crippen LogP contribution in [-0.4, -0.2) is 15.4 Å². The SMILES string of the molecule is Cc1nc2ccccn2c1CNC1CCCC1C. The van der Waals surface area contributed by atoms with Gasteiger partial charge in [-0.1, -0.05) is 19.4 Å². The maximum atomic E-state index is 4.60. The summed E-state index contributed by atoms with van der Waals surface area (Å²) in [6.45, 7) is 5.38. The summed E-state index contributed by atoms with van der Waals surface area (Å²) in [5.74, 6) is 0.810. The highest BCUT2D eigenvalue weighted by atomic mass is 15.0. The van der Waals surface area contributed by atoms with Crippen LogP contribution in [-0.2, 0) is 6.54 Å². The van der Waals surface area contributed by atoms with E-state index in [0.717, 1.165) is 23.8 Å². The van der Waals surface area contributed by atoms with Gasteiger partial charge in [-0.15, -0.1) is 0 Å². The lowest BCUT2D eigenvalue weighted by molar-refractivity contribution is 0.422. The van der Waals surface area contributed by atoms with E-state index in [4.69, 9.17) is 0 Å². The van der Waals surface area contributed by atoms with Crippen LogP contribution in [0.25, 0.3) is 5.65 Å². The first-order chi connectivity index (χ1) is 8.75. The van der Waals surface area contributed by atoms with E-state index in [2.05, 4.69) is 46.9 Å². The molecule has 3 nitrogen and oxygen atoms in total. The van der Waals surface area contributed by atoms with Crippen LogP contribution >= 0.6 is 0 Å². The van der Waals surface area contributed by atoms with Crippen LogP contribution < -0.4 is 5.32 Å². The summed E-state index contributed by atoms with van der Waals surface area (Å²) >= 11 is 0. The quantitative estimate of drug-likeness (QED) is 0.898. The second-order valence-corrected chi connectivity index (χ2v) is 5.47. The van der Waals surface area contributed by atoms with Crippen molar-refractivity contribution in [2.45, 2.75) is 45.7 Å². The lowest BCUT2D eigenvalue weighted by Gasteiger charge is -2.17. The first-order valence-electron chi connectivity index (χ1n) is 6.91. The van der Waals surface area contributed by atoms with E-state index < -0.39 is 0 Å². The Morgan fingerprint density at radius 1 is 1.39 bits per heavy atom. The zero-order chi connectivity index (χ0) is 12.5. The maximum Gasteiger partial charge on any atom is 0.137 e. The van der Waals surface area contributed by atoms with Gasteiger partial charge >= 0.3 is 0 Å². The van der Waals surface area contributed by atoms with Crippen LogP contribution in [0.1, 0.15) is 37.6 Å². The van der Waals surface area contributed by atoms with Crippen molar-refractivity contribution >= 4 is 5.65 Å². The van der Waals surface area contributed by atoms with E-state index in [1.54, 1.807) is 0 Å². The van der Waals surface area contributed by atoms with Gasteiger partial charge in [-0.3, -0.25) is 0 Å². The summed E-state index contributed by atoms with van der Waals surface area (Å²) in [7, 11) is 0. The molecule has 0 aromatic carbocycles. The number of imidazole rings is 1. The predicted molar refractivity (Wildman–Crippen MR) is 73.6 cm³/mol. The molecule has 1 aliphatic carbocycles. The van der Waals surface area contributed by atoms with Gasteiger partial charge in [0.1, 0.15) is 5.65 Å². The first-order valence-corrected chi connectivity index (χ1v) is 6.91. The molecule has 0 spiro atoms. The molecule has 2 aromatic rings. The number of rotatable bonds is 3. The fraction of sp³-hybridized carbons (Fsp3) is 0.533. The Hall–Kier alpha value is -1.35. The van der Waals surface area contributed by atoms with E-state index in [0.29, 0.717) is 6.04 Å². The smallest absolute Gasteiger partial charge is 0.137 e. The second-order valence-electron chi connectivity index (χ2n) is 5.47. The first kappa shape index (κ1) is 11.7. The summed E-state index contributed by atoms with van der Waals surface area (Å²) in [6.07, 6.45) is 6.15. The third kappa shape index (κ3) is 2.03. The van der Waals surface area contributed by atoms with Gasteiger partial charge in [0.25, 0.3) is 0 Å². The minimum absolute atomic E-state index is 0.679. The third-order valence-corrected chi connectivity index (χ3v) is 4.22. The summed E-state index contributed by atoms with van der Waals surface area (Å²) in [5.41, 5.74) is 3.48. The molecule has 3 rings (SSSR count). The minimum Gasteiger partial charge on any atom is -0.308 e. The van der Waals surface area contributed by atoms with Crippen molar-refractivity contribution < 1.29 is 0 Å². The molecule has 18 heavy (non-hydrogen) atoms. The molecule has 96 valence electrons. The maximum absolute atomic E-state index is 4.60. The Morgan fingerprint density at radius 3 is 3.06 bits per heavy atom. The zero-order valence-corrected chi connectivity index (χ0v) is 11.2. The van der Waals surface area contributed by atoms with Gasteiger partial charge in [0.2, 0.25) is 0 Å². The van der Waals surface area contributed by atoms with E-state index in [1.807, 2.05) is 6.07 Å². The van der Waals surface area contributed by atoms with E-state index >= 15 is 0 Å². The molecule has 1 fully saturated rings. The second kappa shape index (κ2) is 4.73. The molecule has 0 bridgehead atoms. The lowest BCUT2D eigenvalue weighted by Crippen LogP contribution is -2.31. The van der Waals surface area contributed by atoms with Gasteiger partial charge in [-0.05, 0) is 37.8 Å². The molecule has 0 radical (unpaired) electrons. The molecule has 2 unspecified atom stereocenters. The average Bonchev–Trinajstić information content (AvgIpc) is 2.90. The van der Waals surface area contributed by atoms with Crippen molar-refractivity contribution in [3.05, 3.63) is 35.8 Å². The number of fused-ring (bicyclic) bond motifs is 1. The molecule has 2 aromatic heterocycles. The molecule has 3 heteroatoms. The Labute approximate surface area is 108 Å². The highest BCUT2D eigenvalue weighted by molar-refractivity contribution is 5.42. The summed E-state index contributed by atoms with van der Waals surface area (Å²) in [4.78, 5) is 4.60. The number of nitrogens with zero attached hydrogens (tertiary/aromatic N) is 2. The van der Waals surface area contributed by atoms with Crippen LogP contribution in [0.15, 0.2) is 24.4 Å². The van der Waals surface area contributed by atoms with Gasteiger partial charge in [0.05, 0.1) is 11.4 Å². The Bertz CT molecular complexity index is 544. The predicted octanol–water partition coefficient (Wildman–Crippen LogP) is 2.92. The molecule has 0 saturated heterocycles. The number of aryl methyl sites for hydroxylation is 1. The zero-order valence-electron chi connectivity index (χ0n) is 11.2. The minimum atomic E-state index is 0.679. The van der Waals surface area contributed by atoms with Crippen LogP contribution in [0.3, 0.4) is 0 Å². The van der Waals surface area contributed by atoms with Crippen LogP contribution in [0, 0.1) is 12.8 Å². The van der Waals surface area contributed by atoms with Gasteiger partial charge < -0.3 is 9.72 Å². The van der Waals surface area contributed by atoms with E-state index in [1.165, 1.54) is 25.0 Å². The number of aromatic nitrogens is 2. The highest BCUT2D eigenvalue weighted by Crippen LogP contribution is 2.25. The van der Waals surface area contributed by atoms with Gasteiger partial charge in [-0.25, -0.2) is 4.98 Å². The molecule has 2 atom stereocenters. The van der Waals surface area contributed by atoms with Crippen LogP contribution in [0.5, 0.6) is 0 Å². The van der Waals surface area contributed by atoms with Crippen LogP contribution in [0.4, 0.5) is 0 Å². The molecule has 2 heterocycles. The number of hydrogen-bond acceptors (Lipinski definition) is 2. The Morgan fingerprint density at radius 2 is 2.28 bits per heavy atom. The summed E-state index contributed by atoms with van der Waals surface area (Å²) < 4.78 is 2.20.